The number of phenols is 1. The molecule has 1 fully saturated rings. The lowest BCUT2D eigenvalue weighted by molar-refractivity contribution is 0.332. The molecule has 0 amide bonds. The highest BCUT2D eigenvalue weighted by Gasteiger charge is 2.14. The molecule has 0 saturated carbocycles. The summed E-state index contributed by atoms with van der Waals surface area (Å²) < 4.78 is 2.10. The Kier molecular flexibility index (Phi) is 2.56. The summed E-state index contributed by atoms with van der Waals surface area (Å²) in [6.45, 7) is 3.46. The van der Waals surface area contributed by atoms with Crippen LogP contribution in [0.25, 0.3) is 10.9 Å². The molecule has 0 radical (unpaired) electrons. The van der Waals surface area contributed by atoms with E-state index in [0.717, 1.165) is 12.1 Å². The van der Waals surface area contributed by atoms with Gasteiger partial charge >= 0.3 is 0 Å². The molecular formula is C14H18N2O. The molecule has 0 atom stereocenters. The van der Waals surface area contributed by atoms with Gasteiger partial charge in [0.2, 0.25) is 0 Å². The first-order chi connectivity index (χ1) is 8.24. The van der Waals surface area contributed by atoms with Gasteiger partial charge in [0.15, 0.2) is 0 Å². The fourth-order valence-electron chi connectivity index (χ4n) is 2.76. The van der Waals surface area contributed by atoms with Crippen LogP contribution < -0.4 is 0 Å². The van der Waals surface area contributed by atoms with Crippen LogP contribution in [0.3, 0.4) is 0 Å². The molecule has 1 aromatic carbocycles. The van der Waals surface area contributed by atoms with E-state index >= 15 is 0 Å². The van der Waals surface area contributed by atoms with Crippen LogP contribution >= 0.6 is 0 Å². The van der Waals surface area contributed by atoms with Gasteiger partial charge in [0, 0.05) is 31.2 Å². The number of aromatic nitrogens is 1. The molecule has 1 aliphatic rings. The van der Waals surface area contributed by atoms with Crippen LogP contribution in [0.5, 0.6) is 5.75 Å². The molecule has 3 rings (SSSR count). The summed E-state index contributed by atoms with van der Waals surface area (Å²) in [4.78, 5) is 2.50. The van der Waals surface area contributed by atoms with E-state index in [4.69, 9.17) is 0 Å². The molecule has 1 aliphatic heterocycles. The zero-order chi connectivity index (χ0) is 11.8. The largest absolute Gasteiger partial charge is 0.508 e. The van der Waals surface area contributed by atoms with Crippen LogP contribution in [0.4, 0.5) is 0 Å². The minimum Gasteiger partial charge on any atom is -0.508 e. The molecule has 3 nitrogen and oxygen atoms in total. The van der Waals surface area contributed by atoms with E-state index < -0.39 is 0 Å². The molecule has 17 heavy (non-hydrogen) atoms. The maximum atomic E-state index is 9.52. The topological polar surface area (TPSA) is 28.4 Å². The Morgan fingerprint density at radius 2 is 2.00 bits per heavy atom. The molecule has 0 bridgehead atoms. The van der Waals surface area contributed by atoms with Gasteiger partial charge in [-0.25, -0.2) is 0 Å². The Hall–Kier alpha value is -1.48. The summed E-state index contributed by atoms with van der Waals surface area (Å²) in [6, 6.07) is 5.63. The van der Waals surface area contributed by atoms with Crippen LogP contribution in [0.15, 0.2) is 24.4 Å². The number of fused-ring (bicyclic) bond motifs is 1. The maximum Gasteiger partial charge on any atom is 0.117 e. The van der Waals surface area contributed by atoms with E-state index in [1.54, 1.807) is 6.07 Å². The van der Waals surface area contributed by atoms with E-state index in [0.29, 0.717) is 5.75 Å². The number of rotatable bonds is 2. The number of hydrogen-bond acceptors (Lipinski definition) is 2. The number of benzene rings is 1. The molecule has 0 unspecified atom stereocenters. The zero-order valence-electron chi connectivity index (χ0n) is 10.2. The Morgan fingerprint density at radius 1 is 1.24 bits per heavy atom. The maximum absolute atomic E-state index is 9.52. The lowest BCUT2D eigenvalue weighted by Crippen LogP contribution is -2.18. The SMILES string of the molecule is Cn1cc(CN2CCCC2)c2ccc(O)cc21. The Bertz CT molecular complexity index is 538. The minimum absolute atomic E-state index is 0.339. The molecule has 2 heterocycles. The van der Waals surface area contributed by atoms with Crippen molar-refractivity contribution in [1.29, 1.82) is 0 Å². The van der Waals surface area contributed by atoms with Crippen LogP contribution in [0.2, 0.25) is 0 Å². The zero-order valence-corrected chi connectivity index (χ0v) is 10.2. The quantitative estimate of drug-likeness (QED) is 0.858. The fourth-order valence-corrected chi connectivity index (χ4v) is 2.76. The number of aromatic hydroxyl groups is 1. The van der Waals surface area contributed by atoms with Crippen molar-refractivity contribution in [1.82, 2.24) is 9.47 Å². The Labute approximate surface area is 101 Å². The summed E-state index contributed by atoms with van der Waals surface area (Å²) in [5, 5.41) is 10.8. The van der Waals surface area contributed by atoms with Gasteiger partial charge in [-0.15, -0.1) is 0 Å². The molecular weight excluding hydrogens is 212 g/mol. The summed E-state index contributed by atoms with van der Waals surface area (Å²) in [5.41, 5.74) is 2.48. The van der Waals surface area contributed by atoms with E-state index in [1.807, 2.05) is 19.2 Å². The second-order valence-electron chi connectivity index (χ2n) is 4.95. The van der Waals surface area contributed by atoms with Gasteiger partial charge in [-0.1, -0.05) is 0 Å². The normalized spacial score (nSPS) is 17.0. The smallest absolute Gasteiger partial charge is 0.117 e. The summed E-state index contributed by atoms with van der Waals surface area (Å²) >= 11 is 0. The third-order valence-electron chi connectivity index (χ3n) is 3.65. The average Bonchev–Trinajstić information content (AvgIpc) is 2.89. The van der Waals surface area contributed by atoms with Crippen molar-refractivity contribution in [2.45, 2.75) is 19.4 Å². The van der Waals surface area contributed by atoms with Crippen molar-refractivity contribution in [2.75, 3.05) is 13.1 Å². The van der Waals surface area contributed by atoms with Gasteiger partial charge in [-0.2, -0.15) is 0 Å². The highest BCUT2D eigenvalue weighted by molar-refractivity contribution is 5.85. The predicted molar refractivity (Wildman–Crippen MR) is 69.1 cm³/mol. The lowest BCUT2D eigenvalue weighted by Gasteiger charge is -2.13. The molecule has 0 aliphatic carbocycles. The Balaban J connectivity index is 1.98. The van der Waals surface area contributed by atoms with E-state index in [2.05, 4.69) is 15.7 Å². The minimum atomic E-state index is 0.339. The van der Waals surface area contributed by atoms with Gasteiger partial charge in [0.1, 0.15) is 5.75 Å². The fraction of sp³-hybridized carbons (Fsp3) is 0.429. The molecule has 1 saturated heterocycles. The van der Waals surface area contributed by atoms with Crippen molar-refractivity contribution < 1.29 is 5.11 Å². The van der Waals surface area contributed by atoms with Gasteiger partial charge in [0.25, 0.3) is 0 Å². The van der Waals surface area contributed by atoms with Crippen molar-refractivity contribution in [3.05, 3.63) is 30.0 Å². The molecule has 90 valence electrons. The molecule has 3 heteroatoms. The molecule has 0 spiro atoms. The summed E-state index contributed by atoms with van der Waals surface area (Å²) in [6.07, 6.45) is 4.83. The number of nitrogens with zero attached hydrogens (tertiary/aromatic N) is 2. The monoisotopic (exact) mass is 230 g/mol. The van der Waals surface area contributed by atoms with Crippen molar-refractivity contribution in [2.24, 2.45) is 7.05 Å². The van der Waals surface area contributed by atoms with Crippen LogP contribution in [0.1, 0.15) is 18.4 Å². The first kappa shape index (κ1) is 10.7. The van der Waals surface area contributed by atoms with Gasteiger partial charge in [-0.3, -0.25) is 4.90 Å². The van der Waals surface area contributed by atoms with Gasteiger partial charge in [-0.05, 0) is 43.6 Å². The second-order valence-corrected chi connectivity index (χ2v) is 4.95. The van der Waals surface area contributed by atoms with Crippen LogP contribution in [-0.4, -0.2) is 27.7 Å². The number of phenolic OH excluding ortho intramolecular Hbond substituents is 1. The third-order valence-corrected chi connectivity index (χ3v) is 3.65. The molecule has 1 aromatic heterocycles. The predicted octanol–water partition coefficient (Wildman–Crippen LogP) is 2.48. The Morgan fingerprint density at radius 3 is 2.76 bits per heavy atom. The lowest BCUT2D eigenvalue weighted by atomic mass is 10.1. The van der Waals surface area contributed by atoms with E-state index in [1.165, 1.54) is 36.9 Å². The van der Waals surface area contributed by atoms with Crippen molar-refractivity contribution >= 4 is 10.9 Å². The van der Waals surface area contributed by atoms with E-state index in [-0.39, 0.29) is 0 Å². The van der Waals surface area contributed by atoms with Crippen LogP contribution in [0, 0.1) is 0 Å². The molecule has 1 N–H and O–H groups in total. The third kappa shape index (κ3) is 1.91. The van der Waals surface area contributed by atoms with Crippen molar-refractivity contribution in [3.63, 3.8) is 0 Å². The second kappa shape index (κ2) is 4.08. The van der Waals surface area contributed by atoms with Gasteiger partial charge < -0.3 is 9.67 Å². The first-order valence-corrected chi connectivity index (χ1v) is 6.23. The van der Waals surface area contributed by atoms with Crippen molar-refractivity contribution in [3.8, 4) is 5.75 Å². The number of hydrogen-bond donors (Lipinski definition) is 1. The van der Waals surface area contributed by atoms with E-state index in [9.17, 15) is 5.11 Å². The van der Waals surface area contributed by atoms with Gasteiger partial charge in [0.05, 0.1) is 5.52 Å². The van der Waals surface area contributed by atoms with Crippen LogP contribution in [-0.2, 0) is 13.6 Å². The number of aryl methyl sites for hydroxylation is 1. The summed E-state index contributed by atoms with van der Waals surface area (Å²) in [7, 11) is 2.04. The molecule has 2 aromatic rings. The highest BCUT2D eigenvalue weighted by atomic mass is 16.3. The average molecular weight is 230 g/mol. The number of likely N-dealkylation sites (tertiary alicyclic amines) is 1. The standard InChI is InChI=1S/C14H18N2O/c1-15-9-11(10-16-6-2-3-7-16)13-5-4-12(17)8-14(13)15/h4-5,8-9,17H,2-3,6-7,10H2,1H3. The summed E-state index contributed by atoms with van der Waals surface area (Å²) in [5.74, 6) is 0.339. The highest BCUT2D eigenvalue weighted by Crippen LogP contribution is 2.26. The first-order valence-electron chi connectivity index (χ1n) is 6.23.